The van der Waals surface area contributed by atoms with Gasteiger partial charge in [0.2, 0.25) is 0 Å². The van der Waals surface area contributed by atoms with E-state index in [1.165, 1.54) is 0 Å². The number of sulfonamides is 1. The summed E-state index contributed by atoms with van der Waals surface area (Å²) in [6, 6.07) is -0.00905. The van der Waals surface area contributed by atoms with Crippen molar-refractivity contribution in [1.29, 1.82) is 0 Å². The number of nitrogens with one attached hydrogen (secondary N) is 1. The second kappa shape index (κ2) is 4.47. The van der Waals surface area contributed by atoms with E-state index in [0.29, 0.717) is 10.8 Å². The number of hydrogen-bond acceptors (Lipinski definition) is 5. The van der Waals surface area contributed by atoms with Crippen LogP contribution < -0.4 is 10.5 Å². The van der Waals surface area contributed by atoms with Crippen molar-refractivity contribution in [2.24, 2.45) is 5.41 Å². The molecule has 0 bridgehead atoms. The zero-order chi connectivity index (χ0) is 13.6. The summed E-state index contributed by atoms with van der Waals surface area (Å²) in [6.07, 6.45) is 2.99. The second-order valence-corrected chi connectivity index (χ2v) is 8.42. The number of hydrogen-bond donors (Lipinski definition) is 2. The maximum atomic E-state index is 12.3. The predicted octanol–water partition coefficient (Wildman–Crippen LogP) is 1.89. The first-order valence-corrected chi connectivity index (χ1v) is 8.27. The summed E-state index contributed by atoms with van der Waals surface area (Å²) in [5, 5.41) is 0.290. The third-order valence-electron chi connectivity index (χ3n) is 3.57. The topological polar surface area (TPSA) is 85.1 Å². The molecule has 1 atom stereocenters. The van der Waals surface area contributed by atoms with Crippen LogP contribution in [0.4, 0.5) is 5.13 Å². The van der Waals surface area contributed by atoms with Gasteiger partial charge >= 0.3 is 0 Å². The molecular weight excluding hydrogens is 270 g/mol. The highest BCUT2D eigenvalue weighted by atomic mass is 32.2. The molecule has 0 radical (unpaired) electrons. The van der Waals surface area contributed by atoms with Gasteiger partial charge in [-0.1, -0.05) is 31.6 Å². The molecule has 102 valence electrons. The van der Waals surface area contributed by atoms with Gasteiger partial charge in [-0.25, -0.2) is 18.1 Å². The largest absolute Gasteiger partial charge is 0.375 e. The highest BCUT2D eigenvalue weighted by Gasteiger charge is 2.38. The number of aromatic nitrogens is 1. The minimum absolute atomic E-state index is 0.00905. The van der Waals surface area contributed by atoms with Crippen LogP contribution in [0.3, 0.4) is 0 Å². The van der Waals surface area contributed by atoms with Gasteiger partial charge in [0, 0.05) is 6.04 Å². The van der Waals surface area contributed by atoms with Crippen LogP contribution in [-0.4, -0.2) is 19.4 Å². The molecule has 7 heteroatoms. The SMILES string of the molecule is Cc1nc(N)sc1S(=O)(=O)NC1CCCC1(C)C. The Morgan fingerprint density at radius 2 is 2.17 bits per heavy atom. The van der Waals surface area contributed by atoms with Crippen molar-refractivity contribution >= 4 is 26.5 Å². The summed E-state index contributed by atoms with van der Waals surface area (Å²) in [4.78, 5) is 3.97. The molecule has 3 N–H and O–H groups in total. The Labute approximate surface area is 112 Å². The minimum Gasteiger partial charge on any atom is -0.375 e. The summed E-state index contributed by atoms with van der Waals surface area (Å²) in [5.74, 6) is 0. The van der Waals surface area contributed by atoms with Crippen molar-refractivity contribution in [3.63, 3.8) is 0 Å². The van der Waals surface area contributed by atoms with E-state index < -0.39 is 10.0 Å². The van der Waals surface area contributed by atoms with Gasteiger partial charge in [-0.05, 0) is 25.2 Å². The molecule has 0 aliphatic heterocycles. The van der Waals surface area contributed by atoms with E-state index in [9.17, 15) is 8.42 Å². The second-order valence-electron chi connectivity index (χ2n) is 5.48. The Kier molecular flexibility index (Phi) is 3.42. The molecule has 1 unspecified atom stereocenters. The first-order chi connectivity index (χ1) is 8.22. The summed E-state index contributed by atoms with van der Waals surface area (Å²) >= 11 is 1.02. The maximum absolute atomic E-state index is 12.3. The van der Waals surface area contributed by atoms with E-state index in [2.05, 4.69) is 23.6 Å². The van der Waals surface area contributed by atoms with E-state index in [4.69, 9.17) is 5.73 Å². The van der Waals surface area contributed by atoms with Crippen LogP contribution in [0, 0.1) is 12.3 Å². The van der Waals surface area contributed by atoms with Crippen LogP contribution in [0.15, 0.2) is 4.21 Å². The molecule has 1 aromatic rings. The lowest BCUT2D eigenvalue weighted by atomic mass is 9.88. The van der Waals surface area contributed by atoms with Crippen LogP contribution in [-0.2, 0) is 10.0 Å². The van der Waals surface area contributed by atoms with E-state index >= 15 is 0 Å². The van der Waals surface area contributed by atoms with Gasteiger partial charge in [0.15, 0.2) is 9.34 Å². The first kappa shape index (κ1) is 13.8. The van der Waals surface area contributed by atoms with Gasteiger partial charge in [0.1, 0.15) is 0 Å². The molecule has 1 fully saturated rings. The smallest absolute Gasteiger partial charge is 0.252 e. The molecular formula is C11H19N3O2S2. The van der Waals surface area contributed by atoms with E-state index in [0.717, 1.165) is 30.6 Å². The number of anilines is 1. The van der Waals surface area contributed by atoms with Crippen LogP contribution in [0.1, 0.15) is 38.8 Å². The Morgan fingerprint density at radius 1 is 1.50 bits per heavy atom. The highest BCUT2D eigenvalue weighted by Crippen LogP contribution is 2.38. The summed E-state index contributed by atoms with van der Waals surface area (Å²) in [5.41, 5.74) is 6.04. The monoisotopic (exact) mass is 289 g/mol. The third-order valence-corrected chi connectivity index (χ3v) is 6.64. The lowest BCUT2D eigenvalue weighted by molar-refractivity contribution is 0.313. The fourth-order valence-electron chi connectivity index (χ4n) is 2.44. The zero-order valence-electron chi connectivity index (χ0n) is 10.9. The third kappa shape index (κ3) is 2.53. The van der Waals surface area contributed by atoms with Crippen LogP contribution >= 0.6 is 11.3 Å². The van der Waals surface area contributed by atoms with Crippen molar-refractivity contribution < 1.29 is 8.42 Å². The Balaban J connectivity index is 2.25. The zero-order valence-corrected chi connectivity index (χ0v) is 12.5. The molecule has 1 aliphatic rings. The molecule has 5 nitrogen and oxygen atoms in total. The Bertz CT molecular complexity index is 549. The Morgan fingerprint density at radius 3 is 2.61 bits per heavy atom. The molecule has 1 aromatic heterocycles. The fraction of sp³-hybridized carbons (Fsp3) is 0.727. The molecule has 0 aromatic carbocycles. The normalized spacial score (nSPS) is 23.4. The fourth-order valence-corrected chi connectivity index (χ4v) is 5.20. The van der Waals surface area contributed by atoms with Gasteiger partial charge in [0.05, 0.1) is 5.69 Å². The van der Waals surface area contributed by atoms with Gasteiger partial charge < -0.3 is 5.73 Å². The standard InChI is InChI=1S/C11H19N3O2S2/c1-7-9(17-10(12)13-7)18(15,16)14-8-5-4-6-11(8,2)3/h8,14H,4-6H2,1-3H3,(H2,12,13). The minimum atomic E-state index is -3.50. The summed E-state index contributed by atoms with van der Waals surface area (Å²) in [6.45, 7) is 5.86. The van der Waals surface area contributed by atoms with Crippen LogP contribution in [0.25, 0.3) is 0 Å². The Hall–Kier alpha value is -0.660. The summed E-state index contributed by atoms with van der Waals surface area (Å²) < 4.78 is 27.7. The van der Waals surface area contributed by atoms with Gasteiger partial charge in [-0.3, -0.25) is 0 Å². The average molecular weight is 289 g/mol. The molecule has 1 saturated carbocycles. The lowest BCUT2D eigenvalue weighted by Gasteiger charge is -2.27. The van der Waals surface area contributed by atoms with Crippen molar-refractivity contribution in [1.82, 2.24) is 9.71 Å². The average Bonchev–Trinajstić information content (AvgIpc) is 2.70. The molecule has 1 aliphatic carbocycles. The van der Waals surface area contributed by atoms with Crippen molar-refractivity contribution in [3.8, 4) is 0 Å². The van der Waals surface area contributed by atoms with Crippen molar-refractivity contribution in [3.05, 3.63) is 5.69 Å². The highest BCUT2D eigenvalue weighted by molar-refractivity contribution is 7.91. The first-order valence-electron chi connectivity index (χ1n) is 5.97. The van der Waals surface area contributed by atoms with Crippen LogP contribution in [0.2, 0.25) is 0 Å². The van der Waals surface area contributed by atoms with Crippen LogP contribution in [0.5, 0.6) is 0 Å². The molecule has 2 rings (SSSR count). The quantitative estimate of drug-likeness (QED) is 0.890. The number of thiazole rings is 1. The van der Waals surface area contributed by atoms with E-state index in [-0.39, 0.29) is 15.7 Å². The van der Waals surface area contributed by atoms with Gasteiger partial charge in [0.25, 0.3) is 10.0 Å². The summed E-state index contributed by atoms with van der Waals surface area (Å²) in [7, 11) is -3.50. The number of nitrogen functional groups attached to an aromatic ring is 1. The lowest BCUT2D eigenvalue weighted by Crippen LogP contribution is -2.41. The van der Waals surface area contributed by atoms with E-state index in [1.54, 1.807) is 6.92 Å². The number of nitrogens with zero attached hydrogens (tertiary/aromatic N) is 1. The number of aryl methyl sites for hydroxylation is 1. The van der Waals surface area contributed by atoms with Gasteiger partial charge in [-0.15, -0.1) is 0 Å². The van der Waals surface area contributed by atoms with Crippen molar-refractivity contribution in [2.45, 2.75) is 50.3 Å². The number of nitrogens with two attached hydrogens (primary N) is 1. The van der Waals surface area contributed by atoms with E-state index in [1.807, 2.05) is 0 Å². The molecule has 0 saturated heterocycles. The molecule has 0 spiro atoms. The molecule has 0 amide bonds. The molecule has 1 heterocycles. The maximum Gasteiger partial charge on any atom is 0.252 e. The predicted molar refractivity (Wildman–Crippen MR) is 73.0 cm³/mol. The van der Waals surface area contributed by atoms with Gasteiger partial charge in [-0.2, -0.15) is 0 Å². The number of rotatable bonds is 3. The van der Waals surface area contributed by atoms with Crippen molar-refractivity contribution in [2.75, 3.05) is 5.73 Å². The molecule has 18 heavy (non-hydrogen) atoms.